The van der Waals surface area contributed by atoms with E-state index < -0.39 is 0 Å². The number of nitrogens with zero attached hydrogens (tertiary/aromatic N) is 3. The van der Waals surface area contributed by atoms with E-state index in [0.29, 0.717) is 17.4 Å². The maximum atomic E-state index is 12.9. The first-order chi connectivity index (χ1) is 17.9. The van der Waals surface area contributed by atoms with Gasteiger partial charge >= 0.3 is 0 Å². The van der Waals surface area contributed by atoms with Crippen LogP contribution in [0.2, 0.25) is 0 Å². The molecule has 1 atom stereocenters. The molecule has 0 aliphatic carbocycles. The number of fused-ring (bicyclic) bond motifs is 2. The lowest BCUT2D eigenvalue weighted by Gasteiger charge is -2.20. The van der Waals surface area contributed by atoms with Gasteiger partial charge < -0.3 is 15.2 Å². The van der Waals surface area contributed by atoms with Crippen molar-refractivity contribution in [2.75, 3.05) is 25.5 Å². The first-order valence-corrected chi connectivity index (χ1v) is 12.5. The van der Waals surface area contributed by atoms with Crippen LogP contribution in [0.15, 0.2) is 84.0 Å². The van der Waals surface area contributed by atoms with E-state index in [-0.39, 0.29) is 30.3 Å². The molecule has 0 saturated heterocycles. The molecule has 0 spiro atoms. The predicted octanol–water partition coefficient (Wildman–Crippen LogP) is 4.59. The summed E-state index contributed by atoms with van der Waals surface area (Å²) < 4.78 is 1.51. The van der Waals surface area contributed by atoms with Crippen LogP contribution in [0.1, 0.15) is 29.0 Å². The van der Waals surface area contributed by atoms with Gasteiger partial charge in [-0.2, -0.15) is 0 Å². The number of nitrogens with one attached hydrogen (secondary N) is 2. The summed E-state index contributed by atoms with van der Waals surface area (Å²) in [7, 11) is 4.04. The predicted molar refractivity (Wildman–Crippen MR) is 149 cm³/mol. The number of hydrogen-bond acceptors (Lipinski definition) is 4. The second-order valence-corrected chi connectivity index (χ2v) is 9.60. The number of aromatic nitrogens is 3. The normalized spacial score (nSPS) is 12.1. The number of amides is 1. The Bertz CT molecular complexity index is 1620. The number of carbonyl (C=O) groups is 1. The molecule has 0 bridgehead atoms. The lowest BCUT2D eigenvalue weighted by molar-refractivity contribution is -0.121. The van der Waals surface area contributed by atoms with E-state index >= 15 is 0 Å². The third-order valence-corrected chi connectivity index (χ3v) is 6.95. The highest BCUT2D eigenvalue weighted by molar-refractivity contribution is 5.84. The SMILES string of the molecule is Cc1cccc2c(=O)n(CCC(=O)NCC(c3ccc(N(C)C)cc3)c3c[nH]c4ccccc34)cnc12. The van der Waals surface area contributed by atoms with E-state index in [1.165, 1.54) is 10.9 Å². The highest BCUT2D eigenvalue weighted by Crippen LogP contribution is 2.31. The van der Waals surface area contributed by atoms with Crippen LogP contribution in [0, 0.1) is 6.92 Å². The number of rotatable bonds is 8. The second-order valence-electron chi connectivity index (χ2n) is 9.60. The van der Waals surface area contributed by atoms with E-state index in [1.54, 1.807) is 6.07 Å². The molecule has 188 valence electrons. The number of anilines is 1. The summed E-state index contributed by atoms with van der Waals surface area (Å²) in [4.78, 5) is 35.6. The van der Waals surface area contributed by atoms with Gasteiger partial charge in [-0.25, -0.2) is 4.98 Å². The molecule has 5 aromatic rings. The fourth-order valence-electron chi connectivity index (χ4n) is 4.82. The number of carbonyl (C=O) groups excluding carboxylic acids is 1. The van der Waals surface area contributed by atoms with Crippen molar-refractivity contribution in [2.24, 2.45) is 0 Å². The first-order valence-electron chi connectivity index (χ1n) is 12.5. The van der Waals surface area contributed by atoms with Crippen molar-refractivity contribution in [3.8, 4) is 0 Å². The summed E-state index contributed by atoms with van der Waals surface area (Å²) in [6, 6.07) is 22.2. The Morgan fingerprint density at radius 2 is 1.78 bits per heavy atom. The summed E-state index contributed by atoms with van der Waals surface area (Å²) in [5.74, 6) is -0.129. The van der Waals surface area contributed by atoms with Crippen molar-refractivity contribution in [3.63, 3.8) is 0 Å². The van der Waals surface area contributed by atoms with E-state index in [4.69, 9.17) is 0 Å². The lowest BCUT2D eigenvalue weighted by Crippen LogP contribution is -2.31. The highest BCUT2D eigenvalue weighted by atomic mass is 16.1. The molecule has 7 heteroatoms. The molecule has 1 unspecified atom stereocenters. The fourth-order valence-corrected chi connectivity index (χ4v) is 4.82. The number of aryl methyl sites for hydroxylation is 2. The van der Waals surface area contributed by atoms with Gasteiger partial charge in [-0.1, -0.05) is 42.5 Å². The first kappa shape index (κ1) is 24.3. The Kier molecular flexibility index (Phi) is 6.77. The van der Waals surface area contributed by atoms with Gasteiger partial charge in [0.1, 0.15) is 0 Å². The molecule has 0 aliphatic heterocycles. The van der Waals surface area contributed by atoms with Crippen molar-refractivity contribution in [2.45, 2.75) is 25.8 Å². The number of benzene rings is 3. The Balaban J connectivity index is 1.33. The molecular formula is C30H31N5O2. The lowest BCUT2D eigenvalue weighted by atomic mass is 9.90. The van der Waals surface area contributed by atoms with Crippen LogP contribution in [0.25, 0.3) is 21.8 Å². The van der Waals surface area contributed by atoms with Gasteiger partial charge in [0.15, 0.2) is 0 Å². The Morgan fingerprint density at radius 3 is 2.57 bits per heavy atom. The Labute approximate surface area is 215 Å². The van der Waals surface area contributed by atoms with Gasteiger partial charge in [0, 0.05) is 62.3 Å². The van der Waals surface area contributed by atoms with E-state index in [9.17, 15) is 9.59 Å². The van der Waals surface area contributed by atoms with Crippen LogP contribution in [-0.4, -0.2) is 41.1 Å². The van der Waals surface area contributed by atoms with Gasteiger partial charge in [0.25, 0.3) is 5.56 Å². The number of hydrogen-bond donors (Lipinski definition) is 2. The molecule has 7 nitrogen and oxygen atoms in total. The van der Waals surface area contributed by atoms with E-state index in [2.05, 4.69) is 56.6 Å². The van der Waals surface area contributed by atoms with Crippen LogP contribution >= 0.6 is 0 Å². The molecule has 0 aliphatic rings. The van der Waals surface area contributed by atoms with E-state index in [0.717, 1.165) is 33.3 Å². The van der Waals surface area contributed by atoms with Crippen molar-refractivity contribution < 1.29 is 4.79 Å². The number of para-hydroxylation sites is 2. The number of H-pyrrole nitrogens is 1. The van der Waals surface area contributed by atoms with Gasteiger partial charge in [0.2, 0.25) is 5.91 Å². The molecule has 2 heterocycles. The largest absolute Gasteiger partial charge is 0.378 e. The summed E-state index contributed by atoms with van der Waals surface area (Å²) >= 11 is 0. The molecule has 2 aromatic heterocycles. The third kappa shape index (κ3) is 4.98. The molecule has 3 aromatic carbocycles. The highest BCUT2D eigenvalue weighted by Gasteiger charge is 2.19. The third-order valence-electron chi connectivity index (χ3n) is 6.95. The minimum absolute atomic E-state index is 0.0238. The van der Waals surface area contributed by atoms with Crippen molar-refractivity contribution in [3.05, 3.63) is 106 Å². The van der Waals surface area contributed by atoms with Gasteiger partial charge in [-0.05, 0) is 47.9 Å². The Morgan fingerprint density at radius 1 is 1.03 bits per heavy atom. The summed E-state index contributed by atoms with van der Waals surface area (Å²) in [6.45, 7) is 2.66. The Hall–Kier alpha value is -4.39. The quantitative estimate of drug-likeness (QED) is 0.331. The molecular weight excluding hydrogens is 462 g/mol. The average Bonchev–Trinajstić information content (AvgIpc) is 3.33. The maximum Gasteiger partial charge on any atom is 0.261 e. The zero-order chi connectivity index (χ0) is 25.9. The van der Waals surface area contributed by atoms with E-state index in [1.807, 2.05) is 51.5 Å². The molecule has 0 radical (unpaired) electrons. The van der Waals surface area contributed by atoms with Crippen LogP contribution in [0.4, 0.5) is 5.69 Å². The second kappa shape index (κ2) is 10.3. The summed E-state index contributed by atoms with van der Waals surface area (Å²) in [5.41, 5.74) is 5.99. The minimum Gasteiger partial charge on any atom is -0.378 e. The average molecular weight is 494 g/mol. The van der Waals surface area contributed by atoms with Crippen molar-refractivity contribution >= 4 is 33.4 Å². The molecule has 2 N–H and O–H groups in total. The molecule has 5 rings (SSSR count). The molecule has 1 amide bonds. The van der Waals surface area contributed by atoms with Crippen LogP contribution < -0.4 is 15.8 Å². The van der Waals surface area contributed by atoms with Crippen molar-refractivity contribution in [1.82, 2.24) is 19.9 Å². The smallest absolute Gasteiger partial charge is 0.261 e. The zero-order valence-electron chi connectivity index (χ0n) is 21.4. The summed E-state index contributed by atoms with van der Waals surface area (Å²) in [5, 5.41) is 4.82. The molecule has 0 fully saturated rings. The standard InChI is InChI=1S/C30H31N5O2/c1-20-7-6-9-24-29(20)33-19-35(30(24)37)16-15-28(36)32-17-25(21-11-13-22(14-12-21)34(2)3)26-18-31-27-10-5-4-8-23(26)27/h4-14,18-19,25,31H,15-17H2,1-3H3,(H,32,36). The maximum absolute atomic E-state index is 12.9. The van der Waals surface area contributed by atoms with Crippen LogP contribution in [0.5, 0.6) is 0 Å². The van der Waals surface area contributed by atoms with Gasteiger partial charge in [-0.15, -0.1) is 0 Å². The summed E-state index contributed by atoms with van der Waals surface area (Å²) in [6.07, 6.45) is 3.76. The van der Waals surface area contributed by atoms with Gasteiger partial charge in [0.05, 0.1) is 17.2 Å². The molecule has 37 heavy (non-hydrogen) atoms. The monoisotopic (exact) mass is 493 g/mol. The van der Waals surface area contributed by atoms with Crippen LogP contribution in [0.3, 0.4) is 0 Å². The van der Waals surface area contributed by atoms with Gasteiger partial charge in [-0.3, -0.25) is 14.2 Å². The zero-order valence-corrected chi connectivity index (χ0v) is 21.4. The molecule has 0 saturated carbocycles. The number of aromatic amines is 1. The topological polar surface area (TPSA) is 83.0 Å². The van der Waals surface area contributed by atoms with Crippen LogP contribution in [-0.2, 0) is 11.3 Å². The minimum atomic E-state index is -0.126. The van der Waals surface area contributed by atoms with Crippen molar-refractivity contribution in [1.29, 1.82) is 0 Å². The fraction of sp³-hybridized carbons (Fsp3) is 0.233.